The third-order valence-electron chi connectivity index (χ3n) is 3.77. The predicted octanol–water partition coefficient (Wildman–Crippen LogP) is 3.34. The molecular weight excluding hydrogens is 459 g/mol. The van der Waals surface area contributed by atoms with E-state index in [2.05, 4.69) is 52.9 Å². The van der Waals surface area contributed by atoms with Crippen LogP contribution in [-0.4, -0.2) is 49.4 Å². The van der Waals surface area contributed by atoms with Crippen molar-refractivity contribution < 1.29 is 4.79 Å². The Balaban J connectivity index is 0.00000338. The third kappa shape index (κ3) is 7.33. The maximum absolute atomic E-state index is 11.9. The summed E-state index contributed by atoms with van der Waals surface area (Å²) >= 11 is 1.70. The number of guanidine groups is 1. The van der Waals surface area contributed by atoms with Crippen molar-refractivity contribution in [2.45, 2.75) is 20.0 Å². The van der Waals surface area contributed by atoms with Gasteiger partial charge in [0.25, 0.3) is 0 Å². The van der Waals surface area contributed by atoms with Crippen molar-refractivity contribution in [1.82, 2.24) is 15.1 Å². The first-order valence-corrected chi connectivity index (χ1v) is 9.11. The number of hydrogen-bond acceptors (Lipinski definition) is 3. The average molecular weight is 486 g/mol. The molecule has 1 amide bonds. The second-order valence-electron chi connectivity index (χ2n) is 6.20. The zero-order valence-corrected chi connectivity index (χ0v) is 18.9. The van der Waals surface area contributed by atoms with Gasteiger partial charge in [0.2, 0.25) is 5.91 Å². The fourth-order valence-corrected chi connectivity index (χ4v) is 2.86. The Morgan fingerprint density at radius 1 is 1.15 bits per heavy atom. The number of benzene rings is 1. The summed E-state index contributed by atoms with van der Waals surface area (Å²) in [6.45, 7) is 3.64. The lowest BCUT2D eigenvalue weighted by molar-refractivity contribution is -0.127. The van der Waals surface area contributed by atoms with E-state index in [-0.39, 0.29) is 36.4 Å². The standard InChI is InChI=1S/C19H26N4OS.HI/c1-15-7-9-16(10-8-15)14-23(4)19(21-13-18(24)22(2)3)20-12-17-6-5-11-25-17;/h5-11H,12-14H2,1-4H3,(H,20,21);1H. The van der Waals surface area contributed by atoms with Crippen LogP contribution in [0.15, 0.2) is 46.8 Å². The first kappa shape index (κ1) is 22.4. The fourth-order valence-electron chi connectivity index (χ4n) is 2.22. The molecular formula is C19H27IN4OS. The molecule has 2 aromatic rings. The van der Waals surface area contributed by atoms with Crippen LogP contribution >= 0.6 is 35.3 Å². The van der Waals surface area contributed by atoms with E-state index in [1.54, 1.807) is 30.3 Å². The predicted molar refractivity (Wildman–Crippen MR) is 120 cm³/mol. The first-order valence-electron chi connectivity index (χ1n) is 8.23. The summed E-state index contributed by atoms with van der Waals surface area (Å²) in [5.74, 6) is 0.711. The van der Waals surface area contributed by atoms with Gasteiger partial charge in [-0.1, -0.05) is 35.9 Å². The molecule has 5 nitrogen and oxygen atoms in total. The Hall–Kier alpha value is -1.61. The van der Waals surface area contributed by atoms with Gasteiger partial charge < -0.3 is 15.1 Å². The number of carbonyl (C=O) groups excluding carboxylic acids is 1. The molecule has 7 heteroatoms. The summed E-state index contributed by atoms with van der Waals surface area (Å²) in [5, 5.41) is 5.42. The van der Waals surface area contributed by atoms with Gasteiger partial charge in [0.15, 0.2) is 5.96 Å². The molecule has 0 saturated heterocycles. The Kier molecular flexibility index (Phi) is 9.64. The summed E-state index contributed by atoms with van der Waals surface area (Å²) in [4.78, 5) is 21.2. The van der Waals surface area contributed by atoms with E-state index in [1.807, 2.05) is 18.0 Å². The van der Waals surface area contributed by atoms with Crippen molar-refractivity contribution in [2.75, 3.05) is 27.7 Å². The lowest BCUT2D eigenvalue weighted by Crippen LogP contribution is -2.39. The quantitative estimate of drug-likeness (QED) is 0.387. The van der Waals surface area contributed by atoms with Crippen molar-refractivity contribution >= 4 is 47.2 Å². The number of likely N-dealkylation sites (N-methyl/N-ethyl adjacent to an activating group) is 1. The van der Waals surface area contributed by atoms with Gasteiger partial charge in [-0.2, -0.15) is 0 Å². The van der Waals surface area contributed by atoms with Crippen molar-refractivity contribution in [3.05, 3.63) is 57.8 Å². The van der Waals surface area contributed by atoms with Crippen molar-refractivity contribution in [2.24, 2.45) is 4.99 Å². The third-order valence-corrected chi connectivity index (χ3v) is 4.64. The molecule has 1 aromatic carbocycles. The summed E-state index contributed by atoms with van der Waals surface area (Å²) in [6, 6.07) is 12.6. The Bertz CT molecular complexity index is 699. The molecule has 0 saturated carbocycles. The Labute approximate surface area is 177 Å². The number of carbonyl (C=O) groups is 1. The zero-order chi connectivity index (χ0) is 18.2. The topological polar surface area (TPSA) is 47.9 Å². The number of nitrogens with one attached hydrogen (secondary N) is 1. The summed E-state index contributed by atoms with van der Waals surface area (Å²) in [7, 11) is 5.47. The molecule has 1 N–H and O–H groups in total. The van der Waals surface area contributed by atoms with Crippen molar-refractivity contribution in [1.29, 1.82) is 0 Å². The molecule has 0 unspecified atom stereocenters. The van der Waals surface area contributed by atoms with E-state index in [4.69, 9.17) is 0 Å². The lowest BCUT2D eigenvalue weighted by atomic mass is 10.1. The lowest BCUT2D eigenvalue weighted by Gasteiger charge is -2.23. The minimum atomic E-state index is -0.0147. The minimum Gasteiger partial charge on any atom is -0.351 e. The molecule has 0 bridgehead atoms. The number of halogens is 1. The van der Waals surface area contributed by atoms with E-state index in [9.17, 15) is 4.79 Å². The van der Waals surface area contributed by atoms with E-state index >= 15 is 0 Å². The number of aryl methyl sites for hydroxylation is 1. The molecule has 0 aliphatic heterocycles. The van der Waals surface area contributed by atoms with Crippen LogP contribution in [0, 0.1) is 6.92 Å². The van der Waals surface area contributed by atoms with Crippen LogP contribution < -0.4 is 5.32 Å². The number of nitrogens with zero attached hydrogens (tertiary/aromatic N) is 3. The second-order valence-corrected chi connectivity index (χ2v) is 7.23. The number of rotatable bonds is 6. The Morgan fingerprint density at radius 2 is 1.85 bits per heavy atom. The van der Waals surface area contributed by atoms with Gasteiger partial charge in [-0.15, -0.1) is 35.3 Å². The van der Waals surface area contributed by atoms with Crippen LogP contribution in [0.3, 0.4) is 0 Å². The highest BCUT2D eigenvalue weighted by atomic mass is 127. The smallest absolute Gasteiger partial charge is 0.243 e. The van der Waals surface area contributed by atoms with Gasteiger partial charge in [0.1, 0.15) is 6.54 Å². The van der Waals surface area contributed by atoms with Gasteiger partial charge >= 0.3 is 0 Å². The molecule has 1 aromatic heterocycles. The molecule has 0 atom stereocenters. The average Bonchev–Trinajstić information content (AvgIpc) is 3.10. The largest absolute Gasteiger partial charge is 0.351 e. The molecule has 142 valence electrons. The highest BCUT2D eigenvalue weighted by Crippen LogP contribution is 2.09. The van der Waals surface area contributed by atoms with Crippen molar-refractivity contribution in [3.8, 4) is 0 Å². The number of thiophene rings is 1. The molecule has 0 spiro atoms. The molecule has 2 rings (SSSR count). The zero-order valence-electron chi connectivity index (χ0n) is 15.7. The summed E-state index contributed by atoms with van der Waals surface area (Å²) < 4.78 is 0. The summed E-state index contributed by atoms with van der Waals surface area (Å²) in [6.07, 6.45) is 0. The number of hydrogen-bond donors (Lipinski definition) is 1. The second kappa shape index (κ2) is 11.2. The van der Waals surface area contributed by atoms with Gasteiger partial charge in [0.05, 0.1) is 6.54 Å². The van der Waals surface area contributed by atoms with Crippen LogP contribution in [0.2, 0.25) is 0 Å². The maximum atomic E-state index is 11.9. The maximum Gasteiger partial charge on any atom is 0.243 e. The van der Waals surface area contributed by atoms with Crippen LogP contribution in [0.1, 0.15) is 16.0 Å². The SMILES string of the molecule is Cc1ccc(CN(C)C(=NCC(=O)N(C)C)NCc2cccs2)cc1.I. The van der Waals surface area contributed by atoms with Crippen LogP contribution in [0.25, 0.3) is 0 Å². The molecule has 0 fully saturated rings. The highest BCUT2D eigenvalue weighted by Gasteiger charge is 2.10. The molecule has 0 radical (unpaired) electrons. The van der Waals surface area contributed by atoms with Crippen LogP contribution in [0.4, 0.5) is 0 Å². The van der Waals surface area contributed by atoms with E-state index < -0.39 is 0 Å². The van der Waals surface area contributed by atoms with Crippen LogP contribution in [-0.2, 0) is 17.9 Å². The number of aliphatic imine (C=N–C) groups is 1. The van der Waals surface area contributed by atoms with Gasteiger partial charge in [-0.3, -0.25) is 4.79 Å². The first-order chi connectivity index (χ1) is 12.0. The van der Waals surface area contributed by atoms with Gasteiger partial charge in [0, 0.05) is 32.6 Å². The summed E-state index contributed by atoms with van der Waals surface area (Å²) in [5.41, 5.74) is 2.45. The number of amides is 1. The molecule has 0 aliphatic rings. The van der Waals surface area contributed by atoms with E-state index in [0.717, 1.165) is 12.5 Å². The van der Waals surface area contributed by atoms with Crippen molar-refractivity contribution in [3.63, 3.8) is 0 Å². The van der Waals surface area contributed by atoms with Crippen LogP contribution in [0.5, 0.6) is 0 Å². The molecule has 26 heavy (non-hydrogen) atoms. The van der Waals surface area contributed by atoms with Gasteiger partial charge in [-0.25, -0.2) is 4.99 Å². The molecule has 0 aliphatic carbocycles. The van der Waals surface area contributed by atoms with Gasteiger partial charge in [-0.05, 0) is 23.9 Å². The van der Waals surface area contributed by atoms with E-state index in [0.29, 0.717) is 6.54 Å². The monoisotopic (exact) mass is 486 g/mol. The fraction of sp³-hybridized carbons (Fsp3) is 0.368. The normalized spacial score (nSPS) is 10.8. The minimum absolute atomic E-state index is 0. The highest BCUT2D eigenvalue weighted by molar-refractivity contribution is 14.0. The van der Waals surface area contributed by atoms with E-state index in [1.165, 1.54) is 16.0 Å². The molecule has 1 heterocycles. The Morgan fingerprint density at radius 3 is 2.42 bits per heavy atom.